The summed E-state index contributed by atoms with van der Waals surface area (Å²) in [5.41, 5.74) is -0.278. The zero-order valence-corrected chi connectivity index (χ0v) is 13.3. The van der Waals surface area contributed by atoms with Crippen LogP contribution in [0.5, 0.6) is 0 Å². The Bertz CT molecular complexity index is 523. The molecule has 0 saturated carbocycles. The Morgan fingerprint density at radius 1 is 1.45 bits per heavy atom. The first-order valence-corrected chi connectivity index (χ1v) is 7.98. The van der Waals surface area contributed by atoms with E-state index in [9.17, 15) is 8.42 Å². The van der Waals surface area contributed by atoms with Crippen LogP contribution >= 0.6 is 0 Å². The van der Waals surface area contributed by atoms with Crippen molar-refractivity contribution < 1.29 is 13.5 Å². The molecule has 0 aromatic carbocycles. The lowest BCUT2D eigenvalue weighted by molar-refractivity contribution is 0.199. The van der Waals surface area contributed by atoms with Gasteiger partial charge in [-0.1, -0.05) is 0 Å². The fourth-order valence-electron chi connectivity index (χ4n) is 1.35. The molecule has 0 unspecified atom stereocenters. The van der Waals surface area contributed by atoms with Crippen molar-refractivity contribution in [1.82, 2.24) is 19.4 Å². The molecule has 7 nitrogen and oxygen atoms in total. The molecule has 0 spiro atoms. The van der Waals surface area contributed by atoms with Crippen LogP contribution in [0.1, 0.15) is 20.3 Å². The van der Waals surface area contributed by atoms with Gasteiger partial charge in [-0.15, -0.1) is 0 Å². The topological polar surface area (TPSA) is 87.5 Å². The van der Waals surface area contributed by atoms with Gasteiger partial charge < -0.3 is 10.0 Å². The molecule has 2 N–H and O–H groups in total. The summed E-state index contributed by atoms with van der Waals surface area (Å²) in [6.45, 7) is 4.77. The van der Waals surface area contributed by atoms with Gasteiger partial charge in [0.05, 0.1) is 6.20 Å². The van der Waals surface area contributed by atoms with Crippen LogP contribution in [0, 0.1) is 0 Å². The van der Waals surface area contributed by atoms with Crippen LogP contribution in [-0.4, -0.2) is 61.0 Å². The van der Waals surface area contributed by atoms with E-state index in [-0.39, 0.29) is 17.0 Å². The van der Waals surface area contributed by atoms with Crippen LogP contribution in [0.3, 0.4) is 0 Å². The van der Waals surface area contributed by atoms with Gasteiger partial charge in [-0.25, -0.2) is 13.1 Å². The monoisotopic (exact) mass is 304 g/mol. The summed E-state index contributed by atoms with van der Waals surface area (Å²) < 4.78 is 28.4. The second-order valence-corrected chi connectivity index (χ2v) is 7.31. The fourth-order valence-corrected chi connectivity index (χ4v) is 2.51. The minimum atomic E-state index is -3.55. The number of aliphatic hydroxyl groups is 1. The third kappa shape index (κ3) is 4.55. The first-order chi connectivity index (χ1) is 9.19. The van der Waals surface area contributed by atoms with Crippen molar-refractivity contribution in [2.24, 2.45) is 0 Å². The molecule has 0 aliphatic heterocycles. The number of aliphatic hydroxyl groups excluding tert-OH is 1. The molecule has 0 amide bonds. The number of sulfonamides is 1. The predicted molar refractivity (Wildman–Crippen MR) is 76.9 cm³/mol. The van der Waals surface area contributed by atoms with Crippen molar-refractivity contribution in [3.8, 4) is 0 Å². The number of rotatable bonds is 8. The summed E-state index contributed by atoms with van der Waals surface area (Å²) in [5.74, 6) is 0. The minimum absolute atomic E-state index is 0.0528. The van der Waals surface area contributed by atoms with Gasteiger partial charge in [-0.3, -0.25) is 4.68 Å². The molecular weight excluding hydrogens is 280 g/mol. The van der Waals surface area contributed by atoms with E-state index < -0.39 is 10.0 Å². The summed E-state index contributed by atoms with van der Waals surface area (Å²) in [5, 5.41) is 12.7. The van der Waals surface area contributed by atoms with E-state index in [1.165, 1.54) is 17.1 Å². The molecule has 8 heteroatoms. The summed E-state index contributed by atoms with van der Waals surface area (Å²) in [6, 6.07) is 0. The Balaban J connectivity index is 2.72. The SMILES string of the molecule is CN(C)C(C)(C)CNS(=O)(=O)c1cnn(CCCO)c1. The number of nitrogens with zero attached hydrogens (tertiary/aromatic N) is 3. The number of aryl methyl sites for hydroxylation is 1. The van der Waals surface area contributed by atoms with Crippen LogP contribution in [0.15, 0.2) is 17.3 Å². The zero-order valence-electron chi connectivity index (χ0n) is 12.5. The molecule has 0 aliphatic carbocycles. The van der Waals surface area contributed by atoms with Gasteiger partial charge in [0.15, 0.2) is 0 Å². The van der Waals surface area contributed by atoms with Crippen LogP contribution in [-0.2, 0) is 16.6 Å². The van der Waals surface area contributed by atoms with Crippen LogP contribution in [0.25, 0.3) is 0 Å². The van der Waals surface area contributed by atoms with Gasteiger partial charge in [0.2, 0.25) is 10.0 Å². The summed E-state index contributed by atoms with van der Waals surface area (Å²) in [7, 11) is 0.254. The molecule has 116 valence electrons. The van der Waals surface area contributed by atoms with Crippen molar-refractivity contribution in [3.63, 3.8) is 0 Å². The van der Waals surface area contributed by atoms with Crippen LogP contribution < -0.4 is 4.72 Å². The minimum Gasteiger partial charge on any atom is -0.396 e. The second kappa shape index (κ2) is 6.66. The maximum atomic E-state index is 12.2. The van der Waals surface area contributed by atoms with E-state index >= 15 is 0 Å². The average molecular weight is 304 g/mol. The third-order valence-corrected chi connectivity index (χ3v) is 4.73. The highest BCUT2D eigenvalue weighted by molar-refractivity contribution is 7.89. The second-order valence-electron chi connectivity index (χ2n) is 5.55. The summed E-state index contributed by atoms with van der Waals surface area (Å²) >= 11 is 0. The molecule has 1 heterocycles. The lowest BCUT2D eigenvalue weighted by Crippen LogP contribution is -2.48. The quantitative estimate of drug-likeness (QED) is 0.699. The predicted octanol–water partition coefficient (Wildman–Crippen LogP) is -0.116. The van der Waals surface area contributed by atoms with Gasteiger partial charge in [-0.2, -0.15) is 5.10 Å². The Morgan fingerprint density at radius 3 is 2.65 bits per heavy atom. The molecule has 20 heavy (non-hydrogen) atoms. The van der Waals surface area contributed by atoms with E-state index in [4.69, 9.17) is 5.11 Å². The number of nitrogens with one attached hydrogen (secondary N) is 1. The molecule has 1 aromatic heterocycles. The molecule has 0 saturated heterocycles. The van der Waals surface area contributed by atoms with E-state index in [1.807, 2.05) is 32.8 Å². The smallest absolute Gasteiger partial charge is 0.243 e. The van der Waals surface area contributed by atoms with Crippen molar-refractivity contribution in [3.05, 3.63) is 12.4 Å². The number of hydrogen-bond acceptors (Lipinski definition) is 5. The number of aromatic nitrogens is 2. The Kier molecular flexibility index (Phi) is 5.69. The highest BCUT2D eigenvalue weighted by Gasteiger charge is 2.24. The van der Waals surface area contributed by atoms with Crippen molar-refractivity contribution in [2.45, 2.75) is 37.2 Å². The molecule has 1 aromatic rings. The van der Waals surface area contributed by atoms with Gasteiger partial charge in [0.1, 0.15) is 4.90 Å². The van der Waals surface area contributed by atoms with E-state index in [0.29, 0.717) is 19.5 Å². The van der Waals surface area contributed by atoms with E-state index in [0.717, 1.165) is 0 Å². The molecule has 1 rings (SSSR count). The summed E-state index contributed by atoms with van der Waals surface area (Å²) in [6.07, 6.45) is 3.34. The fraction of sp³-hybridized carbons (Fsp3) is 0.750. The lowest BCUT2D eigenvalue weighted by atomic mass is 10.1. The number of hydrogen-bond donors (Lipinski definition) is 2. The van der Waals surface area contributed by atoms with E-state index in [2.05, 4.69) is 9.82 Å². The Morgan fingerprint density at radius 2 is 2.10 bits per heavy atom. The van der Waals surface area contributed by atoms with Crippen molar-refractivity contribution >= 4 is 10.0 Å². The molecule has 0 bridgehead atoms. The molecular formula is C12H24N4O3S. The highest BCUT2D eigenvalue weighted by Crippen LogP contribution is 2.12. The molecule has 0 fully saturated rings. The average Bonchev–Trinajstić information content (AvgIpc) is 2.83. The molecule has 0 atom stereocenters. The maximum Gasteiger partial charge on any atom is 0.243 e. The first kappa shape index (κ1) is 17.1. The Labute approximate surface area is 120 Å². The highest BCUT2D eigenvalue weighted by atomic mass is 32.2. The van der Waals surface area contributed by atoms with Gasteiger partial charge in [0, 0.05) is 31.4 Å². The van der Waals surface area contributed by atoms with Crippen molar-refractivity contribution in [2.75, 3.05) is 27.2 Å². The van der Waals surface area contributed by atoms with E-state index in [1.54, 1.807) is 0 Å². The molecule has 0 radical (unpaired) electrons. The zero-order chi connectivity index (χ0) is 15.4. The van der Waals surface area contributed by atoms with Crippen molar-refractivity contribution in [1.29, 1.82) is 0 Å². The van der Waals surface area contributed by atoms with Crippen LogP contribution in [0.2, 0.25) is 0 Å². The van der Waals surface area contributed by atoms with Gasteiger partial charge >= 0.3 is 0 Å². The molecule has 0 aliphatic rings. The maximum absolute atomic E-state index is 12.2. The number of likely N-dealkylation sites (N-methyl/N-ethyl adjacent to an activating group) is 1. The Hall–Kier alpha value is -0.960. The largest absolute Gasteiger partial charge is 0.396 e. The van der Waals surface area contributed by atoms with Crippen LogP contribution in [0.4, 0.5) is 0 Å². The lowest BCUT2D eigenvalue weighted by Gasteiger charge is -2.32. The van der Waals surface area contributed by atoms with Gasteiger partial charge in [-0.05, 0) is 34.4 Å². The third-order valence-electron chi connectivity index (χ3n) is 3.37. The van der Waals surface area contributed by atoms with Gasteiger partial charge in [0.25, 0.3) is 0 Å². The normalized spacial score (nSPS) is 13.1. The summed E-state index contributed by atoms with van der Waals surface area (Å²) in [4.78, 5) is 2.10. The first-order valence-electron chi connectivity index (χ1n) is 6.49. The standard InChI is InChI=1S/C12H24N4O3S/c1-12(2,15(3)4)10-14-20(18,19)11-8-13-16(9-11)6-5-7-17/h8-9,14,17H,5-7,10H2,1-4H3.